The third-order valence-electron chi connectivity index (χ3n) is 3.62. The van der Waals surface area contributed by atoms with Crippen molar-refractivity contribution in [3.63, 3.8) is 0 Å². The number of nitrogens with one attached hydrogen (secondary N) is 1. The molecule has 2 nitrogen and oxygen atoms in total. The molecule has 0 heterocycles. The van der Waals surface area contributed by atoms with E-state index in [9.17, 15) is 9.18 Å². The number of halogens is 1. The molecule has 0 aliphatic carbocycles. The number of rotatable bonds is 6. The first kappa shape index (κ1) is 15.4. The first-order chi connectivity index (χ1) is 10.1. The molecule has 0 aliphatic rings. The zero-order chi connectivity index (χ0) is 15.2. The molecule has 0 atom stereocenters. The van der Waals surface area contributed by atoms with Gasteiger partial charge in [0.05, 0.1) is 0 Å². The summed E-state index contributed by atoms with van der Waals surface area (Å²) >= 11 is 0. The Bertz CT molecular complexity index is 637. The van der Waals surface area contributed by atoms with Gasteiger partial charge in [-0.25, -0.2) is 4.39 Å². The molecule has 21 heavy (non-hydrogen) atoms. The fraction of sp³-hybridized carbons (Fsp3) is 0.278. The molecule has 2 rings (SSSR count). The van der Waals surface area contributed by atoms with Gasteiger partial charge in [-0.2, -0.15) is 0 Å². The number of hydrogen-bond donors (Lipinski definition) is 1. The Labute approximate surface area is 125 Å². The molecule has 0 amide bonds. The lowest BCUT2D eigenvalue weighted by Crippen LogP contribution is -2.14. The maximum Gasteiger partial charge on any atom is 0.167 e. The van der Waals surface area contributed by atoms with Gasteiger partial charge in [0.2, 0.25) is 0 Å². The highest BCUT2D eigenvalue weighted by atomic mass is 19.1. The van der Waals surface area contributed by atoms with Gasteiger partial charge in [0.15, 0.2) is 5.78 Å². The Kier molecular flexibility index (Phi) is 5.23. The van der Waals surface area contributed by atoms with Crippen molar-refractivity contribution in [2.45, 2.75) is 19.8 Å². The average Bonchev–Trinajstić information content (AvgIpc) is 2.48. The summed E-state index contributed by atoms with van der Waals surface area (Å²) in [7, 11) is 1.90. The summed E-state index contributed by atoms with van der Waals surface area (Å²) in [5.74, 6) is -0.186. The molecule has 2 aromatic rings. The van der Waals surface area contributed by atoms with E-state index in [0.717, 1.165) is 35.2 Å². The number of hydrogen-bond acceptors (Lipinski definition) is 2. The fourth-order valence-electron chi connectivity index (χ4n) is 2.40. The number of benzene rings is 2. The van der Waals surface area contributed by atoms with Crippen LogP contribution in [0.2, 0.25) is 0 Å². The van der Waals surface area contributed by atoms with E-state index >= 15 is 0 Å². The van der Waals surface area contributed by atoms with Crippen LogP contribution in [0, 0.1) is 12.7 Å². The fourth-order valence-corrected chi connectivity index (χ4v) is 2.40. The van der Waals surface area contributed by atoms with Crippen LogP contribution in [0.15, 0.2) is 42.5 Å². The minimum atomic E-state index is -0.266. The number of aryl methyl sites for hydroxylation is 1. The lowest BCUT2D eigenvalue weighted by atomic mass is 9.95. The van der Waals surface area contributed by atoms with Crippen LogP contribution in [-0.4, -0.2) is 19.4 Å². The molecular weight excluding hydrogens is 265 g/mol. The standard InChI is InChI=1S/C18H20FNO/c1-13-11-16(19)8-7-15(13)12-18(21)17-6-4-3-5-14(17)9-10-20-2/h3-8,11,20H,9-10,12H2,1-2H3. The van der Waals surface area contributed by atoms with E-state index in [-0.39, 0.29) is 11.6 Å². The summed E-state index contributed by atoms with van der Waals surface area (Å²) in [4.78, 5) is 12.5. The molecule has 3 heteroatoms. The first-order valence-corrected chi connectivity index (χ1v) is 7.12. The monoisotopic (exact) mass is 285 g/mol. The highest BCUT2D eigenvalue weighted by molar-refractivity contribution is 5.99. The molecule has 0 aliphatic heterocycles. The third kappa shape index (κ3) is 3.99. The van der Waals surface area contributed by atoms with Gasteiger partial charge in [-0.1, -0.05) is 30.3 Å². The lowest BCUT2D eigenvalue weighted by Gasteiger charge is -2.10. The van der Waals surface area contributed by atoms with Crippen molar-refractivity contribution in [3.8, 4) is 0 Å². The molecular formula is C18H20FNO. The second kappa shape index (κ2) is 7.14. The van der Waals surface area contributed by atoms with Crippen molar-refractivity contribution in [2.75, 3.05) is 13.6 Å². The number of likely N-dealkylation sites (N-methyl/N-ethyl adjacent to an activating group) is 1. The summed E-state index contributed by atoms with van der Waals surface area (Å²) in [5.41, 5.74) is 3.51. The molecule has 1 N–H and O–H groups in total. The molecule has 0 unspecified atom stereocenters. The van der Waals surface area contributed by atoms with Crippen LogP contribution in [0.3, 0.4) is 0 Å². The van der Waals surface area contributed by atoms with Crippen molar-refractivity contribution in [3.05, 3.63) is 70.5 Å². The van der Waals surface area contributed by atoms with Crippen molar-refractivity contribution in [1.82, 2.24) is 5.32 Å². The van der Waals surface area contributed by atoms with E-state index in [4.69, 9.17) is 0 Å². The summed E-state index contributed by atoms with van der Waals surface area (Å²) in [6.45, 7) is 2.67. The Balaban J connectivity index is 2.20. The highest BCUT2D eigenvalue weighted by Gasteiger charge is 2.12. The van der Waals surface area contributed by atoms with Crippen LogP contribution in [0.4, 0.5) is 4.39 Å². The number of Topliss-reactive ketones (excluding diaryl/α,β-unsaturated/α-hetero) is 1. The summed E-state index contributed by atoms with van der Waals surface area (Å²) in [6, 6.07) is 12.3. The maximum absolute atomic E-state index is 13.1. The molecule has 0 fully saturated rings. The molecule has 0 radical (unpaired) electrons. The smallest absolute Gasteiger partial charge is 0.167 e. The molecule has 2 aromatic carbocycles. The minimum Gasteiger partial charge on any atom is -0.319 e. The van der Waals surface area contributed by atoms with Crippen molar-refractivity contribution >= 4 is 5.78 Å². The first-order valence-electron chi connectivity index (χ1n) is 7.12. The highest BCUT2D eigenvalue weighted by Crippen LogP contribution is 2.16. The van der Waals surface area contributed by atoms with Gasteiger partial charge in [-0.3, -0.25) is 4.79 Å². The number of ketones is 1. The average molecular weight is 285 g/mol. The van der Waals surface area contributed by atoms with Crippen LogP contribution < -0.4 is 5.32 Å². The van der Waals surface area contributed by atoms with Crippen LogP contribution in [0.25, 0.3) is 0 Å². The predicted octanol–water partition coefficient (Wildman–Crippen LogP) is 3.32. The molecule has 0 bridgehead atoms. The number of carbonyl (C=O) groups excluding carboxylic acids is 1. The van der Waals surface area contributed by atoms with E-state index in [1.54, 1.807) is 6.07 Å². The van der Waals surface area contributed by atoms with Gasteiger partial charge in [-0.05, 0) is 55.8 Å². The van der Waals surface area contributed by atoms with Gasteiger partial charge in [0, 0.05) is 12.0 Å². The van der Waals surface area contributed by atoms with Crippen molar-refractivity contribution in [2.24, 2.45) is 0 Å². The summed E-state index contributed by atoms with van der Waals surface area (Å²) in [6.07, 6.45) is 1.13. The Morgan fingerprint density at radius 3 is 2.62 bits per heavy atom. The lowest BCUT2D eigenvalue weighted by molar-refractivity contribution is 0.0992. The van der Waals surface area contributed by atoms with Gasteiger partial charge in [-0.15, -0.1) is 0 Å². The molecule has 0 aromatic heterocycles. The van der Waals surface area contributed by atoms with Crippen LogP contribution in [0.5, 0.6) is 0 Å². The van der Waals surface area contributed by atoms with Crippen LogP contribution in [-0.2, 0) is 12.8 Å². The molecule has 0 saturated heterocycles. The van der Waals surface area contributed by atoms with Crippen LogP contribution >= 0.6 is 0 Å². The second-order valence-corrected chi connectivity index (χ2v) is 5.18. The quantitative estimate of drug-likeness (QED) is 0.825. The predicted molar refractivity (Wildman–Crippen MR) is 83.2 cm³/mol. The van der Waals surface area contributed by atoms with E-state index in [1.165, 1.54) is 12.1 Å². The van der Waals surface area contributed by atoms with Gasteiger partial charge < -0.3 is 5.32 Å². The minimum absolute atomic E-state index is 0.0800. The van der Waals surface area contributed by atoms with Crippen LogP contribution in [0.1, 0.15) is 27.0 Å². The normalized spacial score (nSPS) is 10.6. The Morgan fingerprint density at radius 2 is 1.90 bits per heavy atom. The zero-order valence-electron chi connectivity index (χ0n) is 12.4. The van der Waals surface area contributed by atoms with Crippen molar-refractivity contribution < 1.29 is 9.18 Å². The van der Waals surface area contributed by atoms with Gasteiger partial charge in [0.1, 0.15) is 5.82 Å². The van der Waals surface area contributed by atoms with Crippen molar-refractivity contribution in [1.29, 1.82) is 0 Å². The topological polar surface area (TPSA) is 29.1 Å². The van der Waals surface area contributed by atoms with Gasteiger partial charge >= 0.3 is 0 Å². The molecule has 0 saturated carbocycles. The van der Waals surface area contributed by atoms with Gasteiger partial charge in [0.25, 0.3) is 0 Å². The second-order valence-electron chi connectivity index (χ2n) is 5.18. The molecule has 0 spiro atoms. The van der Waals surface area contributed by atoms with E-state index in [1.807, 2.05) is 38.2 Å². The third-order valence-corrected chi connectivity index (χ3v) is 3.62. The Morgan fingerprint density at radius 1 is 1.14 bits per heavy atom. The number of carbonyl (C=O) groups is 1. The van der Waals surface area contributed by atoms with E-state index < -0.39 is 0 Å². The zero-order valence-corrected chi connectivity index (χ0v) is 12.4. The van der Waals surface area contributed by atoms with E-state index in [2.05, 4.69) is 5.32 Å². The largest absolute Gasteiger partial charge is 0.319 e. The summed E-state index contributed by atoms with van der Waals surface area (Å²) < 4.78 is 13.1. The summed E-state index contributed by atoms with van der Waals surface area (Å²) in [5, 5.41) is 3.09. The maximum atomic E-state index is 13.1. The SMILES string of the molecule is CNCCc1ccccc1C(=O)Cc1ccc(F)cc1C. The molecule has 110 valence electrons. The van der Waals surface area contributed by atoms with E-state index in [0.29, 0.717) is 6.42 Å². The Hall–Kier alpha value is -2.00.